The van der Waals surface area contributed by atoms with Gasteiger partial charge >= 0.3 is 0 Å². The van der Waals surface area contributed by atoms with Gasteiger partial charge < -0.3 is 21.9 Å². The number of oxime groups is 2. The minimum Gasteiger partial charge on any atom is -0.409 e. The maximum Gasteiger partial charge on any atom is 0.170 e. The molecule has 0 spiro atoms. The third-order valence-electron chi connectivity index (χ3n) is 3.61. The van der Waals surface area contributed by atoms with Crippen molar-refractivity contribution >= 4 is 47.8 Å². The molecule has 10 heteroatoms. The Hall–Kier alpha value is -2.81. The Labute approximate surface area is 171 Å². The SMILES string of the molecule is Cl.Cl.N/C(=N/O)c1ccc(-c2cnc(-c3ccc(/C(N)=N\O)cc3)s2)cc1. The molecular weight excluding hydrogens is 409 g/mol. The summed E-state index contributed by atoms with van der Waals surface area (Å²) >= 11 is 1.55. The molecule has 0 saturated heterocycles. The first-order valence-electron chi connectivity index (χ1n) is 7.25. The summed E-state index contributed by atoms with van der Waals surface area (Å²) in [5.74, 6) is 0.138. The first-order valence-corrected chi connectivity index (χ1v) is 8.06. The van der Waals surface area contributed by atoms with Crippen LogP contribution in [0.4, 0.5) is 0 Å². The van der Waals surface area contributed by atoms with Gasteiger partial charge in [0.2, 0.25) is 0 Å². The predicted molar refractivity (Wildman–Crippen MR) is 113 cm³/mol. The van der Waals surface area contributed by atoms with Gasteiger partial charge in [-0.25, -0.2) is 4.98 Å². The van der Waals surface area contributed by atoms with Crippen LogP contribution in [0.15, 0.2) is 65.0 Å². The lowest BCUT2D eigenvalue weighted by atomic mass is 10.1. The van der Waals surface area contributed by atoms with Gasteiger partial charge in [-0.15, -0.1) is 36.2 Å². The molecule has 27 heavy (non-hydrogen) atoms. The van der Waals surface area contributed by atoms with E-state index in [9.17, 15) is 0 Å². The molecule has 0 aliphatic carbocycles. The molecule has 0 fully saturated rings. The minimum atomic E-state index is 0. The van der Waals surface area contributed by atoms with E-state index in [2.05, 4.69) is 15.3 Å². The third kappa shape index (κ3) is 4.88. The second-order valence-corrected chi connectivity index (χ2v) is 6.19. The van der Waals surface area contributed by atoms with Crippen LogP contribution < -0.4 is 11.5 Å². The number of hydrogen-bond donors (Lipinski definition) is 4. The molecule has 0 atom stereocenters. The van der Waals surface area contributed by atoms with Crippen molar-refractivity contribution in [2.24, 2.45) is 21.8 Å². The number of hydrogen-bond acceptors (Lipinski definition) is 6. The third-order valence-corrected chi connectivity index (χ3v) is 4.71. The maximum atomic E-state index is 8.70. The number of nitrogens with zero attached hydrogens (tertiary/aromatic N) is 3. The molecule has 0 saturated carbocycles. The second-order valence-electron chi connectivity index (χ2n) is 5.15. The summed E-state index contributed by atoms with van der Waals surface area (Å²) in [5, 5.41) is 24.2. The standard InChI is InChI=1S/C17H15N5O2S.2ClH/c18-15(21-23)11-3-1-10(2-4-11)14-9-20-17(25-14)13-7-5-12(6-8-13)16(19)22-24;;/h1-9,23-24H,(H2,18,21)(H2,19,22);2*1H. The van der Waals surface area contributed by atoms with Crippen LogP contribution in [0.2, 0.25) is 0 Å². The molecule has 142 valence electrons. The van der Waals surface area contributed by atoms with Crippen molar-refractivity contribution in [1.29, 1.82) is 0 Å². The predicted octanol–water partition coefficient (Wildman–Crippen LogP) is 3.51. The first kappa shape index (κ1) is 22.2. The van der Waals surface area contributed by atoms with Gasteiger partial charge in [0.25, 0.3) is 0 Å². The molecule has 0 unspecified atom stereocenters. The van der Waals surface area contributed by atoms with Crippen LogP contribution in [0.5, 0.6) is 0 Å². The quantitative estimate of drug-likeness (QED) is 0.220. The molecule has 0 aliphatic rings. The van der Waals surface area contributed by atoms with Crippen molar-refractivity contribution in [2.75, 3.05) is 0 Å². The van der Waals surface area contributed by atoms with Crippen LogP contribution in [0.3, 0.4) is 0 Å². The van der Waals surface area contributed by atoms with Crippen molar-refractivity contribution in [3.05, 3.63) is 65.9 Å². The summed E-state index contributed by atoms with van der Waals surface area (Å²) in [4.78, 5) is 5.45. The molecule has 6 N–H and O–H groups in total. The average molecular weight is 426 g/mol. The number of aromatic nitrogens is 1. The van der Waals surface area contributed by atoms with Crippen LogP contribution in [-0.2, 0) is 0 Å². The molecule has 3 aromatic rings. The Morgan fingerprint density at radius 1 is 0.778 bits per heavy atom. The molecule has 1 heterocycles. The lowest BCUT2D eigenvalue weighted by Gasteiger charge is -2.01. The molecule has 3 rings (SSSR count). The highest BCUT2D eigenvalue weighted by Crippen LogP contribution is 2.32. The first-order chi connectivity index (χ1) is 12.1. The largest absolute Gasteiger partial charge is 0.409 e. The summed E-state index contributed by atoms with van der Waals surface area (Å²) in [7, 11) is 0. The van der Waals surface area contributed by atoms with E-state index in [1.54, 1.807) is 41.8 Å². The summed E-state index contributed by atoms with van der Waals surface area (Å²) < 4.78 is 0. The van der Waals surface area contributed by atoms with E-state index in [1.165, 1.54) is 0 Å². The number of halogens is 2. The maximum absolute atomic E-state index is 8.70. The van der Waals surface area contributed by atoms with Crippen LogP contribution >= 0.6 is 36.2 Å². The molecule has 0 aliphatic heterocycles. The Morgan fingerprint density at radius 2 is 1.22 bits per heavy atom. The summed E-state index contributed by atoms with van der Waals surface area (Å²) in [6.45, 7) is 0. The molecule has 2 aromatic carbocycles. The highest BCUT2D eigenvalue weighted by atomic mass is 35.5. The van der Waals surface area contributed by atoms with Crippen LogP contribution in [-0.4, -0.2) is 27.1 Å². The van der Waals surface area contributed by atoms with Crippen molar-refractivity contribution in [1.82, 2.24) is 4.98 Å². The van der Waals surface area contributed by atoms with E-state index in [0.717, 1.165) is 21.0 Å². The Balaban J connectivity index is 0.00000182. The number of amidine groups is 2. The molecule has 0 amide bonds. The van der Waals surface area contributed by atoms with E-state index in [1.807, 2.05) is 24.3 Å². The number of rotatable bonds is 4. The van der Waals surface area contributed by atoms with Gasteiger partial charge in [0.15, 0.2) is 11.7 Å². The topological polar surface area (TPSA) is 130 Å². The van der Waals surface area contributed by atoms with Gasteiger partial charge in [-0.1, -0.05) is 58.8 Å². The fourth-order valence-corrected chi connectivity index (χ4v) is 3.17. The highest BCUT2D eigenvalue weighted by Gasteiger charge is 2.08. The van der Waals surface area contributed by atoms with E-state index < -0.39 is 0 Å². The fraction of sp³-hybridized carbons (Fsp3) is 0. The summed E-state index contributed by atoms with van der Waals surface area (Å²) in [6, 6.07) is 14.7. The van der Waals surface area contributed by atoms with Crippen LogP contribution in [0, 0.1) is 0 Å². The van der Waals surface area contributed by atoms with Crippen LogP contribution in [0.25, 0.3) is 21.0 Å². The minimum absolute atomic E-state index is 0. The Kier molecular flexibility index (Phi) is 8.04. The van der Waals surface area contributed by atoms with E-state index in [0.29, 0.717) is 11.1 Å². The smallest absolute Gasteiger partial charge is 0.170 e. The summed E-state index contributed by atoms with van der Waals surface area (Å²) in [6.07, 6.45) is 1.80. The fourth-order valence-electron chi connectivity index (χ4n) is 2.25. The van der Waals surface area contributed by atoms with Gasteiger partial charge in [-0.05, 0) is 5.56 Å². The Bertz CT molecular complexity index is 865. The van der Waals surface area contributed by atoms with E-state index in [-0.39, 0.29) is 36.5 Å². The molecule has 1 aromatic heterocycles. The van der Waals surface area contributed by atoms with Crippen molar-refractivity contribution in [3.8, 4) is 21.0 Å². The van der Waals surface area contributed by atoms with Gasteiger partial charge in [-0.2, -0.15) is 0 Å². The van der Waals surface area contributed by atoms with Gasteiger partial charge in [0.05, 0.1) is 4.88 Å². The van der Waals surface area contributed by atoms with Gasteiger partial charge in [0.1, 0.15) is 5.01 Å². The number of benzene rings is 2. The van der Waals surface area contributed by atoms with E-state index in [4.69, 9.17) is 21.9 Å². The zero-order valence-corrected chi connectivity index (χ0v) is 16.3. The average Bonchev–Trinajstić information content (AvgIpc) is 3.17. The highest BCUT2D eigenvalue weighted by molar-refractivity contribution is 7.18. The van der Waals surface area contributed by atoms with Gasteiger partial charge in [0, 0.05) is 22.9 Å². The Morgan fingerprint density at radius 3 is 1.67 bits per heavy atom. The van der Waals surface area contributed by atoms with E-state index >= 15 is 0 Å². The lowest BCUT2D eigenvalue weighted by molar-refractivity contribution is 0.318. The number of nitrogens with two attached hydrogens (primary N) is 2. The zero-order chi connectivity index (χ0) is 17.8. The zero-order valence-electron chi connectivity index (χ0n) is 13.8. The molecular formula is C17H17Cl2N5O2S. The monoisotopic (exact) mass is 425 g/mol. The number of thiazole rings is 1. The van der Waals surface area contributed by atoms with Crippen molar-refractivity contribution < 1.29 is 10.4 Å². The van der Waals surface area contributed by atoms with Crippen molar-refractivity contribution in [3.63, 3.8) is 0 Å². The van der Waals surface area contributed by atoms with Crippen molar-refractivity contribution in [2.45, 2.75) is 0 Å². The van der Waals surface area contributed by atoms with Crippen LogP contribution in [0.1, 0.15) is 11.1 Å². The summed E-state index contributed by atoms with van der Waals surface area (Å²) in [5.41, 5.74) is 14.3. The second kappa shape index (κ2) is 9.77. The van der Waals surface area contributed by atoms with Gasteiger partial charge in [-0.3, -0.25) is 0 Å². The molecule has 7 nitrogen and oxygen atoms in total. The normalized spacial score (nSPS) is 11.4. The molecule has 0 bridgehead atoms. The lowest BCUT2D eigenvalue weighted by Crippen LogP contribution is -2.12. The molecule has 0 radical (unpaired) electrons.